The van der Waals surface area contributed by atoms with Crippen LogP contribution < -0.4 is 10.6 Å². The Morgan fingerprint density at radius 3 is 2.21 bits per heavy atom. The maximum absolute atomic E-state index is 12.1. The Bertz CT molecular complexity index is 1020. The van der Waals surface area contributed by atoms with E-state index in [1.165, 1.54) is 69.6 Å². The fourth-order valence-corrected chi connectivity index (χ4v) is 3.20. The van der Waals surface area contributed by atoms with Crippen molar-refractivity contribution in [1.29, 1.82) is 0 Å². The van der Waals surface area contributed by atoms with Crippen LogP contribution in [0.15, 0.2) is 53.4 Å². The van der Waals surface area contributed by atoms with Crippen LogP contribution in [0.5, 0.6) is 0 Å². The lowest BCUT2D eigenvalue weighted by Crippen LogP contribution is -2.23. The lowest BCUT2D eigenvalue weighted by molar-refractivity contribution is -0.119. The molecule has 0 fully saturated rings. The van der Waals surface area contributed by atoms with Gasteiger partial charge in [-0.05, 0) is 42.5 Å². The van der Waals surface area contributed by atoms with Crippen LogP contribution >= 0.6 is 0 Å². The molecule has 0 saturated carbocycles. The van der Waals surface area contributed by atoms with E-state index < -0.39 is 28.5 Å². The summed E-state index contributed by atoms with van der Waals surface area (Å²) in [5.41, 5.74) is 0.999. The number of anilines is 2. The molecule has 0 atom stereocenters. The average molecular weight is 419 g/mol. The topological polar surface area (TPSA) is 122 Å². The van der Waals surface area contributed by atoms with Gasteiger partial charge in [0, 0.05) is 32.4 Å². The van der Waals surface area contributed by atoms with Crippen molar-refractivity contribution in [2.45, 2.75) is 11.8 Å². The van der Waals surface area contributed by atoms with Crippen molar-refractivity contribution in [3.8, 4) is 0 Å². The third kappa shape index (κ3) is 6.13. The van der Waals surface area contributed by atoms with Gasteiger partial charge in [-0.3, -0.25) is 9.59 Å². The van der Waals surface area contributed by atoms with E-state index in [1.54, 1.807) is 0 Å². The van der Waals surface area contributed by atoms with E-state index in [2.05, 4.69) is 10.6 Å². The number of sulfonamides is 1. The molecule has 0 saturated heterocycles. The minimum atomic E-state index is -3.64. The fraction of sp³-hybridized carbons (Fsp3) is 0.211. The lowest BCUT2D eigenvalue weighted by atomic mass is 10.2. The van der Waals surface area contributed by atoms with E-state index in [0.717, 1.165) is 4.31 Å². The molecule has 2 aromatic carbocycles. The Balaban J connectivity index is 1.95. The molecule has 154 valence electrons. The van der Waals surface area contributed by atoms with E-state index in [4.69, 9.17) is 4.74 Å². The van der Waals surface area contributed by atoms with Crippen LogP contribution in [-0.4, -0.2) is 51.2 Å². The van der Waals surface area contributed by atoms with Gasteiger partial charge in [0.05, 0.1) is 10.5 Å². The summed E-state index contributed by atoms with van der Waals surface area (Å²) in [6.07, 6.45) is 0. The van der Waals surface area contributed by atoms with E-state index in [1.807, 2.05) is 0 Å². The number of ether oxygens (including phenoxy) is 1. The van der Waals surface area contributed by atoms with Gasteiger partial charge in [0.1, 0.15) is 0 Å². The molecule has 0 unspecified atom stereocenters. The SMILES string of the molecule is CC(=O)Nc1ccc(C(=O)OCC(=O)Nc2cccc(S(=O)(=O)N(C)C)c2)cc1. The van der Waals surface area contributed by atoms with Crippen LogP contribution in [0.25, 0.3) is 0 Å². The number of carbonyl (C=O) groups is 3. The van der Waals surface area contributed by atoms with Gasteiger partial charge in [-0.15, -0.1) is 0 Å². The Kier molecular flexibility index (Phi) is 7.08. The van der Waals surface area contributed by atoms with E-state index in [0.29, 0.717) is 5.69 Å². The highest BCUT2D eigenvalue weighted by molar-refractivity contribution is 7.89. The van der Waals surface area contributed by atoms with Crippen LogP contribution in [0.1, 0.15) is 17.3 Å². The van der Waals surface area contributed by atoms with E-state index >= 15 is 0 Å². The number of amides is 2. The van der Waals surface area contributed by atoms with Crippen LogP contribution in [0.2, 0.25) is 0 Å². The summed E-state index contributed by atoms with van der Waals surface area (Å²) in [6, 6.07) is 11.7. The smallest absolute Gasteiger partial charge is 0.338 e. The lowest BCUT2D eigenvalue weighted by Gasteiger charge is -2.12. The quantitative estimate of drug-likeness (QED) is 0.659. The second-order valence-electron chi connectivity index (χ2n) is 6.20. The number of esters is 1. The van der Waals surface area contributed by atoms with Crippen LogP contribution in [0.3, 0.4) is 0 Å². The van der Waals surface area contributed by atoms with Crippen molar-refractivity contribution in [1.82, 2.24) is 4.31 Å². The third-order valence-corrected chi connectivity index (χ3v) is 5.48. The Hall–Kier alpha value is -3.24. The summed E-state index contributed by atoms with van der Waals surface area (Å²) in [4.78, 5) is 35.1. The Morgan fingerprint density at radius 1 is 0.966 bits per heavy atom. The first-order valence-electron chi connectivity index (χ1n) is 8.47. The molecule has 0 aliphatic carbocycles. The summed E-state index contributed by atoms with van der Waals surface area (Å²) in [5, 5.41) is 5.05. The summed E-state index contributed by atoms with van der Waals surface area (Å²) >= 11 is 0. The standard InChI is InChI=1S/C19H21N3O6S/c1-13(23)20-15-9-7-14(8-10-15)19(25)28-12-18(24)21-16-5-4-6-17(11-16)29(26,27)22(2)3/h4-11H,12H2,1-3H3,(H,20,23)(H,21,24). The zero-order chi connectivity index (χ0) is 21.6. The van der Waals surface area contributed by atoms with Crippen molar-refractivity contribution >= 4 is 39.2 Å². The van der Waals surface area contributed by atoms with Gasteiger partial charge in [-0.1, -0.05) is 6.07 Å². The van der Waals surface area contributed by atoms with Gasteiger partial charge >= 0.3 is 5.97 Å². The number of nitrogens with one attached hydrogen (secondary N) is 2. The molecule has 0 heterocycles. The van der Waals surface area contributed by atoms with Crippen molar-refractivity contribution in [2.24, 2.45) is 0 Å². The number of nitrogens with zero attached hydrogens (tertiary/aromatic N) is 1. The van der Waals surface area contributed by atoms with Crippen LogP contribution in [-0.2, 0) is 24.3 Å². The molecule has 2 rings (SSSR count). The zero-order valence-electron chi connectivity index (χ0n) is 16.1. The zero-order valence-corrected chi connectivity index (χ0v) is 16.9. The monoisotopic (exact) mass is 419 g/mol. The molecule has 0 bridgehead atoms. The molecule has 0 aromatic heterocycles. The minimum absolute atomic E-state index is 0.0246. The van der Waals surface area contributed by atoms with Gasteiger partial charge in [0.2, 0.25) is 15.9 Å². The number of hydrogen-bond acceptors (Lipinski definition) is 6. The predicted molar refractivity (Wildman–Crippen MR) is 107 cm³/mol. The summed E-state index contributed by atoms with van der Waals surface area (Å²) in [5.74, 6) is -1.56. The molecular weight excluding hydrogens is 398 g/mol. The van der Waals surface area contributed by atoms with E-state index in [-0.39, 0.29) is 22.1 Å². The number of carbonyl (C=O) groups excluding carboxylic acids is 3. The number of rotatable bonds is 7. The third-order valence-electron chi connectivity index (χ3n) is 3.67. The highest BCUT2D eigenvalue weighted by Crippen LogP contribution is 2.18. The van der Waals surface area contributed by atoms with Gasteiger partial charge in [0.15, 0.2) is 6.61 Å². The second-order valence-corrected chi connectivity index (χ2v) is 8.35. The molecule has 0 radical (unpaired) electrons. The van der Waals surface area contributed by atoms with Crippen molar-refractivity contribution in [3.05, 3.63) is 54.1 Å². The fourth-order valence-electron chi connectivity index (χ4n) is 2.25. The molecule has 10 heteroatoms. The summed E-state index contributed by atoms with van der Waals surface area (Å²) in [6.45, 7) is 0.823. The first kappa shape index (κ1) is 22.1. The van der Waals surface area contributed by atoms with Gasteiger partial charge in [0.25, 0.3) is 5.91 Å². The van der Waals surface area contributed by atoms with Gasteiger partial charge < -0.3 is 15.4 Å². The summed E-state index contributed by atoms with van der Waals surface area (Å²) in [7, 11) is -0.827. The molecule has 2 amide bonds. The van der Waals surface area contributed by atoms with Crippen LogP contribution in [0.4, 0.5) is 11.4 Å². The van der Waals surface area contributed by atoms with Crippen molar-refractivity contribution in [3.63, 3.8) is 0 Å². The molecule has 0 aliphatic rings. The average Bonchev–Trinajstić information content (AvgIpc) is 2.66. The Morgan fingerprint density at radius 2 is 1.62 bits per heavy atom. The van der Waals surface area contributed by atoms with Gasteiger partial charge in [-0.25, -0.2) is 17.5 Å². The highest BCUT2D eigenvalue weighted by atomic mass is 32.2. The molecule has 29 heavy (non-hydrogen) atoms. The second kappa shape index (κ2) is 9.30. The maximum Gasteiger partial charge on any atom is 0.338 e. The highest BCUT2D eigenvalue weighted by Gasteiger charge is 2.18. The molecule has 0 spiro atoms. The summed E-state index contributed by atoms with van der Waals surface area (Å²) < 4.78 is 30.3. The first-order chi connectivity index (χ1) is 13.6. The first-order valence-corrected chi connectivity index (χ1v) is 9.91. The van der Waals surface area contributed by atoms with Crippen molar-refractivity contribution in [2.75, 3.05) is 31.3 Å². The Labute approximate surface area is 168 Å². The van der Waals surface area contributed by atoms with Crippen LogP contribution in [0, 0.1) is 0 Å². The van der Waals surface area contributed by atoms with Gasteiger partial charge in [-0.2, -0.15) is 0 Å². The normalized spacial score (nSPS) is 11.0. The van der Waals surface area contributed by atoms with Crippen molar-refractivity contribution < 1.29 is 27.5 Å². The predicted octanol–water partition coefficient (Wildman–Crippen LogP) is 1.69. The number of benzene rings is 2. The van der Waals surface area contributed by atoms with E-state index in [9.17, 15) is 22.8 Å². The minimum Gasteiger partial charge on any atom is -0.452 e. The molecule has 2 N–H and O–H groups in total. The molecule has 0 aliphatic heterocycles. The number of hydrogen-bond donors (Lipinski definition) is 2. The molecule has 2 aromatic rings. The largest absolute Gasteiger partial charge is 0.452 e. The molecular formula is C19H21N3O6S. The molecule has 9 nitrogen and oxygen atoms in total. The maximum atomic E-state index is 12.1.